The van der Waals surface area contributed by atoms with Crippen LogP contribution in [0.4, 0.5) is 0 Å². The number of rotatable bonds is 3. The molecule has 173 valence electrons. The summed E-state index contributed by atoms with van der Waals surface area (Å²) in [6.45, 7) is 19.6. The van der Waals surface area contributed by atoms with Gasteiger partial charge in [-0.3, -0.25) is 0 Å². The summed E-state index contributed by atoms with van der Waals surface area (Å²) in [5.74, 6) is 0. The summed E-state index contributed by atoms with van der Waals surface area (Å²) >= 11 is 0.00694. The van der Waals surface area contributed by atoms with Gasteiger partial charge >= 0.3 is 33.3 Å². The maximum atomic E-state index is 4.87. The zero-order chi connectivity index (χ0) is 23.6. The van der Waals surface area contributed by atoms with Gasteiger partial charge < -0.3 is 0 Å². The molecule has 0 bridgehead atoms. The van der Waals surface area contributed by atoms with Crippen molar-refractivity contribution in [2.24, 2.45) is 0 Å². The fourth-order valence-electron chi connectivity index (χ4n) is 2.96. The number of hydrogen-bond donors (Lipinski definition) is 0. The molecule has 0 aliphatic heterocycles. The van der Waals surface area contributed by atoms with E-state index in [1.165, 1.54) is 0 Å². The molecule has 0 unspecified atom stereocenters. The van der Waals surface area contributed by atoms with Crippen LogP contribution in [0.2, 0.25) is 0 Å². The fraction of sp³-hybridized carbons (Fsp3) is 0.591. The molecule has 0 saturated carbocycles. The van der Waals surface area contributed by atoms with Gasteiger partial charge in [0.05, 0.1) is 17.1 Å². The van der Waals surface area contributed by atoms with Crippen molar-refractivity contribution in [3.05, 3.63) is 53.9 Å². The minimum atomic E-state index is -0.289. The summed E-state index contributed by atoms with van der Waals surface area (Å²) in [4.78, 5) is 0. The molecule has 0 aromatic carbocycles. The van der Waals surface area contributed by atoms with E-state index >= 15 is 0 Å². The number of nitrogens with zero attached hydrogens (tertiary/aromatic N) is 6. The van der Waals surface area contributed by atoms with E-state index in [1.54, 1.807) is 0 Å². The molecule has 0 spiro atoms. The van der Waals surface area contributed by atoms with E-state index in [0.717, 1.165) is 17.1 Å². The number of hydrogen-bond acceptors (Lipinski definition) is 3. The molecule has 0 fully saturated rings. The van der Waals surface area contributed by atoms with Crippen molar-refractivity contribution < 1.29 is 13.1 Å². The molecule has 3 heterocycles. The summed E-state index contributed by atoms with van der Waals surface area (Å²) in [7, 11) is 9.59. The Bertz CT molecular complexity index is 845. The molecular formula is C22H34Cl2MnN6. The fourth-order valence-corrected chi connectivity index (χ4v) is 2.96. The van der Waals surface area contributed by atoms with Gasteiger partial charge in [-0.05, 0) is 18.2 Å². The van der Waals surface area contributed by atoms with Gasteiger partial charge in [-0.2, -0.15) is 15.3 Å². The van der Waals surface area contributed by atoms with Crippen LogP contribution in [-0.2, 0) is 29.4 Å². The van der Waals surface area contributed by atoms with Crippen molar-refractivity contribution in [3.8, 4) is 0 Å². The van der Waals surface area contributed by atoms with Crippen LogP contribution < -0.4 is 0 Å². The molecule has 3 aromatic rings. The van der Waals surface area contributed by atoms with Gasteiger partial charge in [0, 0.05) is 34.8 Å². The van der Waals surface area contributed by atoms with Crippen molar-refractivity contribution in [3.63, 3.8) is 0 Å². The van der Waals surface area contributed by atoms with Crippen LogP contribution in [0.1, 0.15) is 85.7 Å². The molecule has 9 heteroatoms. The summed E-state index contributed by atoms with van der Waals surface area (Å²) in [5.41, 5.74) is 3.09. The zero-order valence-corrected chi connectivity index (χ0v) is 22.6. The van der Waals surface area contributed by atoms with Crippen molar-refractivity contribution in [2.45, 2.75) is 84.8 Å². The summed E-state index contributed by atoms with van der Waals surface area (Å²) in [6.07, 6.45) is 5.76. The molecule has 0 saturated heterocycles. The third kappa shape index (κ3) is 6.61. The molecule has 0 atom stereocenters. The Balaban J connectivity index is 0.00000107. The summed E-state index contributed by atoms with van der Waals surface area (Å²) in [5, 5.41) is 14.6. The van der Waals surface area contributed by atoms with Crippen LogP contribution in [0, 0.1) is 0 Å². The molecule has 0 aliphatic rings. The Hall–Kier alpha value is -1.27. The summed E-state index contributed by atoms with van der Waals surface area (Å²) in [6, 6.07) is 6.24. The predicted octanol–water partition coefficient (Wildman–Crippen LogP) is 6.10. The van der Waals surface area contributed by atoms with E-state index in [0.29, 0.717) is 0 Å². The number of aromatic nitrogens is 6. The second kappa shape index (κ2) is 9.70. The maximum absolute atomic E-state index is 4.87. The standard InChI is InChI=1S/C22H34N6.2ClH.Mn/c1-20(2,3)16-10-13-26(23-16)19(27-14-11-17(24-27)21(4,5)6)28-15-12-18(25-28)22(7,8)9;;;/h10-15,19H,1-9H3;2*1H;/q;;;+2/p-2. The summed E-state index contributed by atoms with van der Waals surface area (Å²) < 4.78 is 5.83. The second-order valence-electron chi connectivity index (χ2n) is 10.7. The third-order valence-corrected chi connectivity index (χ3v) is 4.84. The van der Waals surface area contributed by atoms with Crippen LogP contribution in [0.15, 0.2) is 36.8 Å². The Labute approximate surface area is 200 Å². The first-order valence-corrected chi connectivity index (χ1v) is 13.5. The topological polar surface area (TPSA) is 53.5 Å². The van der Waals surface area contributed by atoms with Gasteiger partial charge in [0.25, 0.3) is 0 Å². The molecule has 6 nitrogen and oxygen atoms in total. The van der Waals surface area contributed by atoms with Gasteiger partial charge in [-0.15, -0.1) is 0 Å². The SMILES string of the molecule is CC(C)(C)c1ccn(C(n2ccc(C(C)(C)C)n2)n2ccc(C(C)(C)C)n2)n1.[Cl][Mn][Cl]. The van der Waals surface area contributed by atoms with Gasteiger partial charge in [-0.25, -0.2) is 14.0 Å². The van der Waals surface area contributed by atoms with Gasteiger partial charge in [0.15, 0.2) is 0 Å². The van der Waals surface area contributed by atoms with Gasteiger partial charge in [0.1, 0.15) is 0 Å². The van der Waals surface area contributed by atoms with Crippen LogP contribution in [0.5, 0.6) is 0 Å². The molecule has 3 rings (SSSR count). The van der Waals surface area contributed by atoms with E-state index in [-0.39, 0.29) is 35.7 Å². The molecule has 0 radical (unpaired) electrons. The predicted molar refractivity (Wildman–Crippen MR) is 124 cm³/mol. The van der Waals surface area contributed by atoms with E-state index in [1.807, 2.05) is 32.6 Å². The average molecular weight is 508 g/mol. The van der Waals surface area contributed by atoms with Crippen molar-refractivity contribution in [1.82, 2.24) is 29.3 Å². The van der Waals surface area contributed by atoms with E-state index in [9.17, 15) is 0 Å². The van der Waals surface area contributed by atoms with Gasteiger partial charge in [-0.1, -0.05) is 62.3 Å². The van der Waals surface area contributed by atoms with E-state index in [2.05, 4.69) is 80.5 Å². The molecule has 0 amide bonds. The Kier molecular flexibility index (Phi) is 8.13. The normalized spacial score (nSPS) is 12.8. The van der Waals surface area contributed by atoms with Crippen LogP contribution >= 0.6 is 20.2 Å². The third-order valence-electron chi connectivity index (χ3n) is 4.84. The molecule has 0 aliphatic carbocycles. The minimum absolute atomic E-state index is 0.00694. The molecule has 31 heavy (non-hydrogen) atoms. The van der Waals surface area contributed by atoms with Crippen LogP contribution in [0.3, 0.4) is 0 Å². The Morgan fingerprint density at radius 2 is 0.839 bits per heavy atom. The van der Waals surface area contributed by atoms with E-state index in [4.69, 9.17) is 35.5 Å². The average Bonchev–Trinajstić information content (AvgIpc) is 3.35. The van der Waals surface area contributed by atoms with E-state index < -0.39 is 0 Å². The van der Waals surface area contributed by atoms with Crippen molar-refractivity contribution in [1.29, 1.82) is 0 Å². The van der Waals surface area contributed by atoms with Crippen LogP contribution in [0.25, 0.3) is 0 Å². The Morgan fingerprint density at radius 1 is 0.613 bits per heavy atom. The first kappa shape index (κ1) is 26.0. The van der Waals surface area contributed by atoms with Crippen molar-refractivity contribution >= 4 is 20.2 Å². The zero-order valence-electron chi connectivity index (χ0n) is 19.9. The molecule has 3 aromatic heterocycles. The number of halogens is 2. The first-order chi connectivity index (χ1) is 14.2. The Morgan fingerprint density at radius 3 is 1.00 bits per heavy atom. The first-order valence-electron chi connectivity index (χ1n) is 10.2. The quantitative estimate of drug-likeness (QED) is 0.402. The van der Waals surface area contributed by atoms with Crippen LogP contribution in [-0.4, -0.2) is 29.3 Å². The molecular weight excluding hydrogens is 474 g/mol. The monoisotopic (exact) mass is 507 g/mol. The van der Waals surface area contributed by atoms with Gasteiger partial charge in [0.2, 0.25) is 6.29 Å². The second-order valence-corrected chi connectivity index (χ2v) is 12.6. The molecule has 0 N–H and O–H groups in total. The van der Waals surface area contributed by atoms with Crippen molar-refractivity contribution in [2.75, 3.05) is 0 Å².